The van der Waals surface area contributed by atoms with E-state index >= 15 is 0 Å². The molecule has 0 aliphatic carbocycles. The number of aliphatic hydroxyl groups is 1. The molecule has 24 heavy (non-hydrogen) atoms. The molecule has 2 atom stereocenters. The summed E-state index contributed by atoms with van der Waals surface area (Å²) in [7, 11) is 1.58. The molecule has 0 unspecified atom stereocenters. The molecular weight excluding hydrogens is 308 g/mol. The number of hydrogen-bond acceptors (Lipinski definition) is 6. The number of fused-ring (bicyclic) bond motifs is 1. The maximum atomic E-state index is 10.8. The summed E-state index contributed by atoms with van der Waals surface area (Å²) in [5, 5.41) is 28.7. The van der Waals surface area contributed by atoms with Crippen molar-refractivity contribution >= 4 is 6.34 Å². The van der Waals surface area contributed by atoms with Crippen molar-refractivity contribution in [3.8, 4) is 18.0 Å². The van der Waals surface area contributed by atoms with E-state index in [9.17, 15) is 5.11 Å². The Kier molecular flexibility index (Phi) is 5.40. The average molecular weight is 328 g/mol. The van der Waals surface area contributed by atoms with Crippen molar-refractivity contribution in [3.05, 3.63) is 29.3 Å². The van der Waals surface area contributed by atoms with Gasteiger partial charge in [0.1, 0.15) is 23.8 Å². The first kappa shape index (κ1) is 17.7. The van der Waals surface area contributed by atoms with Gasteiger partial charge in [-0.25, -0.2) is 0 Å². The van der Waals surface area contributed by atoms with Crippen LogP contribution in [0.15, 0.2) is 23.2 Å². The lowest BCUT2D eigenvalue weighted by Gasteiger charge is -2.45. The van der Waals surface area contributed by atoms with Crippen molar-refractivity contribution < 1.29 is 14.6 Å². The quantitative estimate of drug-likeness (QED) is 0.500. The molecule has 0 saturated heterocycles. The van der Waals surface area contributed by atoms with Gasteiger partial charge in [-0.15, -0.1) is 0 Å². The molecule has 7 heteroatoms. The van der Waals surface area contributed by atoms with Crippen LogP contribution in [-0.2, 0) is 4.74 Å². The van der Waals surface area contributed by atoms with Gasteiger partial charge in [0.15, 0.2) is 0 Å². The van der Waals surface area contributed by atoms with Gasteiger partial charge in [0.25, 0.3) is 0 Å². The number of ether oxygens (including phenoxy) is 2. The summed E-state index contributed by atoms with van der Waals surface area (Å²) in [4.78, 5) is 5.37. The van der Waals surface area contributed by atoms with Gasteiger partial charge in [-0.2, -0.15) is 15.5 Å². The highest BCUT2D eigenvalue weighted by molar-refractivity contribution is 5.59. The smallest absolute Gasteiger partial charge is 0.207 e. The number of aliphatic hydroxyl groups excluding tert-OH is 1. The van der Waals surface area contributed by atoms with E-state index in [1.54, 1.807) is 50.2 Å². The molecule has 2 rings (SSSR count). The highest BCUT2D eigenvalue weighted by Gasteiger charge is 2.45. The minimum Gasteiger partial charge on any atom is -0.485 e. The zero-order valence-electron chi connectivity index (χ0n) is 13.9. The molecule has 126 valence electrons. The maximum Gasteiger partial charge on any atom is 0.207 e. The number of nitriles is 2. The Balaban J connectivity index is 2.53. The van der Waals surface area contributed by atoms with Crippen LogP contribution in [0.1, 0.15) is 31.0 Å². The van der Waals surface area contributed by atoms with Gasteiger partial charge in [-0.3, -0.25) is 0 Å². The van der Waals surface area contributed by atoms with E-state index in [-0.39, 0.29) is 0 Å². The number of nitrogens with zero attached hydrogens (tertiary/aromatic N) is 4. The van der Waals surface area contributed by atoms with E-state index < -0.39 is 17.7 Å². The summed E-state index contributed by atoms with van der Waals surface area (Å²) in [5.41, 5.74) is 0.317. The molecule has 0 aromatic heterocycles. The zero-order chi connectivity index (χ0) is 17.7. The zero-order valence-corrected chi connectivity index (χ0v) is 13.9. The summed E-state index contributed by atoms with van der Waals surface area (Å²) in [5.74, 6) is 0.599. The highest BCUT2D eigenvalue weighted by atomic mass is 16.5. The Morgan fingerprint density at radius 3 is 2.83 bits per heavy atom. The molecule has 0 amide bonds. The van der Waals surface area contributed by atoms with E-state index in [1.165, 1.54) is 6.34 Å². The fourth-order valence-electron chi connectivity index (χ4n) is 2.76. The molecule has 1 aliphatic rings. The largest absolute Gasteiger partial charge is 0.485 e. The summed E-state index contributed by atoms with van der Waals surface area (Å²) >= 11 is 0. The molecule has 1 N–H and O–H groups in total. The van der Waals surface area contributed by atoms with Crippen molar-refractivity contribution in [1.82, 2.24) is 4.90 Å². The van der Waals surface area contributed by atoms with E-state index in [2.05, 4.69) is 11.1 Å². The Hall–Kier alpha value is -2.61. The highest BCUT2D eigenvalue weighted by Crippen LogP contribution is 2.42. The molecule has 1 heterocycles. The van der Waals surface area contributed by atoms with Crippen LogP contribution in [0.2, 0.25) is 0 Å². The van der Waals surface area contributed by atoms with E-state index in [0.717, 1.165) is 0 Å². The van der Waals surface area contributed by atoms with Gasteiger partial charge in [0.05, 0.1) is 24.3 Å². The third-order valence-corrected chi connectivity index (χ3v) is 4.02. The van der Waals surface area contributed by atoms with Crippen molar-refractivity contribution in [1.29, 1.82) is 10.5 Å². The second kappa shape index (κ2) is 7.31. The molecule has 0 spiro atoms. The molecule has 1 aromatic carbocycles. The monoisotopic (exact) mass is 328 g/mol. The Bertz CT molecular complexity index is 703. The Morgan fingerprint density at radius 2 is 2.21 bits per heavy atom. The van der Waals surface area contributed by atoms with E-state index in [1.807, 2.05) is 0 Å². The Morgan fingerprint density at radius 1 is 1.46 bits per heavy atom. The number of aliphatic imine (C=N–C) groups is 1. The first-order valence-corrected chi connectivity index (χ1v) is 7.52. The SMILES string of the molecule is COCCN(C=NC#N)[C@@H]1c2cc(C#N)ccc2OC(C)(C)[C@H]1O. The number of methoxy groups -OCH3 is 1. The molecule has 1 aromatic rings. The van der Waals surface area contributed by atoms with Gasteiger partial charge in [0.2, 0.25) is 6.19 Å². The minimum atomic E-state index is -0.888. The third kappa shape index (κ3) is 3.48. The lowest BCUT2D eigenvalue weighted by Crippen LogP contribution is -2.53. The van der Waals surface area contributed by atoms with Gasteiger partial charge in [-0.1, -0.05) is 0 Å². The summed E-state index contributed by atoms with van der Waals surface area (Å²) in [6, 6.07) is 6.67. The fraction of sp³-hybridized carbons (Fsp3) is 0.471. The fourth-order valence-corrected chi connectivity index (χ4v) is 2.76. The van der Waals surface area contributed by atoms with Crippen molar-refractivity contribution in [2.45, 2.75) is 31.6 Å². The summed E-state index contributed by atoms with van der Waals surface area (Å²) < 4.78 is 11.0. The lowest BCUT2D eigenvalue weighted by atomic mass is 9.85. The van der Waals surface area contributed by atoms with Crippen LogP contribution in [0.3, 0.4) is 0 Å². The summed E-state index contributed by atoms with van der Waals surface area (Å²) in [6.45, 7) is 4.41. The van der Waals surface area contributed by atoms with E-state index in [4.69, 9.17) is 20.0 Å². The molecule has 0 radical (unpaired) electrons. The van der Waals surface area contributed by atoms with Gasteiger partial charge >= 0.3 is 0 Å². The number of hydrogen-bond donors (Lipinski definition) is 1. The molecule has 0 fully saturated rings. The van der Waals surface area contributed by atoms with Crippen LogP contribution in [-0.4, -0.2) is 48.3 Å². The van der Waals surface area contributed by atoms with Gasteiger partial charge < -0.3 is 19.5 Å². The molecule has 1 aliphatic heterocycles. The second-order valence-corrected chi connectivity index (χ2v) is 6.03. The van der Waals surface area contributed by atoms with Gasteiger partial charge in [-0.05, 0) is 32.0 Å². The van der Waals surface area contributed by atoms with E-state index in [0.29, 0.717) is 30.0 Å². The molecule has 7 nitrogen and oxygen atoms in total. The predicted molar refractivity (Wildman–Crippen MR) is 87.3 cm³/mol. The molecular formula is C17H20N4O3. The first-order chi connectivity index (χ1) is 11.4. The third-order valence-electron chi connectivity index (χ3n) is 4.02. The summed E-state index contributed by atoms with van der Waals surface area (Å²) in [6.07, 6.45) is 2.22. The van der Waals surface area contributed by atoms with Crippen LogP contribution < -0.4 is 4.74 Å². The first-order valence-electron chi connectivity index (χ1n) is 7.52. The number of benzene rings is 1. The molecule has 0 saturated carbocycles. The predicted octanol–water partition coefficient (Wildman–Crippen LogP) is 1.59. The number of rotatable bonds is 5. The van der Waals surface area contributed by atoms with Crippen LogP contribution in [0, 0.1) is 22.8 Å². The lowest BCUT2D eigenvalue weighted by molar-refractivity contribution is -0.0823. The standard InChI is InChI=1S/C17H20N4O3/c1-17(2)16(22)15(21(6-7-23-3)11-20-10-19)13-8-12(9-18)4-5-14(13)24-17/h4-5,8,11,15-16,22H,6-7H2,1-3H3/t15-,16+/m1/s1. The topological polar surface area (TPSA) is 102 Å². The minimum absolute atomic E-state index is 0.398. The second-order valence-electron chi connectivity index (χ2n) is 6.03. The van der Waals surface area contributed by atoms with Crippen LogP contribution in [0.4, 0.5) is 0 Å². The maximum absolute atomic E-state index is 10.8. The van der Waals surface area contributed by atoms with Crippen molar-refractivity contribution in [3.63, 3.8) is 0 Å². The average Bonchev–Trinajstić information content (AvgIpc) is 2.56. The van der Waals surface area contributed by atoms with Crippen molar-refractivity contribution in [2.24, 2.45) is 4.99 Å². The van der Waals surface area contributed by atoms with Crippen LogP contribution >= 0.6 is 0 Å². The Labute approximate surface area is 141 Å². The van der Waals surface area contributed by atoms with Gasteiger partial charge in [0, 0.05) is 19.2 Å². The molecule has 0 bridgehead atoms. The van der Waals surface area contributed by atoms with Crippen LogP contribution in [0.5, 0.6) is 5.75 Å². The normalized spacial score (nSPS) is 21.4. The van der Waals surface area contributed by atoms with Crippen LogP contribution in [0.25, 0.3) is 0 Å². The van der Waals surface area contributed by atoms with Crippen molar-refractivity contribution in [2.75, 3.05) is 20.3 Å².